The fourth-order valence-corrected chi connectivity index (χ4v) is 1.84. The van der Waals surface area contributed by atoms with Crippen LogP contribution >= 0.6 is 0 Å². The maximum absolute atomic E-state index is 9.12. The van der Waals surface area contributed by atoms with E-state index < -0.39 is 0 Å². The molecule has 0 bridgehead atoms. The average molecular weight is 162 g/mol. The van der Waals surface area contributed by atoms with Gasteiger partial charge in [0.25, 0.3) is 0 Å². The standard InChI is InChI=1S/C11H14O/c1-8-3-2-4-10(7-12)11(8)9-5-6-9/h2-4,9,12H,5-7H2,1H3. The summed E-state index contributed by atoms with van der Waals surface area (Å²) in [6, 6.07) is 6.18. The van der Waals surface area contributed by atoms with Crippen molar-refractivity contribution < 1.29 is 5.11 Å². The Balaban J connectivity index is 2.45. The molecule has 1 N–H and O–H groups in total. The van der Waals surface area contributed by atoms with Gasteiger partial charge >= 0.3 is 0 Å². The molecule has 0 aliphatic heterocycles. The van der Waals surface area contributed by atoms with Crippen molar-refractivity contribution in [1.29, 1.82) is 0 Å². The predicted octanol–water partition coefficient (Wildman–Crippen LogP) is 2.36. The Bertz CT molecular complexity index is 287. The Morgan fingerprint density at radius 3 is 2.75 bits per heavy atom. The van der Waals surface area contributed by atoms with Gasteiger partial charge < -0.3 is 5.11 Å². The normalized spacial score (nSPS) is 16.5. The topological polar surface area (TPSA) is 20.2 Å². The van der Waals surface area contributed by atoms with Gasteiger partial charge in [-0.15, -0.1) is 0 Å². The molecule has 12 heavy (non-hydrogen) atoms. The second-order valence-electron chi connectivity index (χ2n) is 3.58. The maximum atomic E-state index is 9.12. The molecule has 2 rings (SSSR count). The molecule has 0 radical (unpaired) electrons. The minimum absolute atomic E-state index is 0.188. The summed E-state index contributed by atoms with van der Waals surface area (Å²) < 4.78 is 0. The van der Waals surface area contributed by atoms with Crippen molar-refractivity contribution in [1.82, 2.24) is 0 Å². The summed E-state index contributed by atoms with van der Waals surface area (Å²) in [6.45, 7) is 2.32. The van der Waals surface area contributed by atoms with Crippen LogP contribution in [-0.4, -0.2) is 5.11 Å². The summed E-state index contributed by atoms with van der Waals surface area (Å²) in [5.41, 5.74) is 3.86. The van der Waals surface area contributed by atoms with E-state index in [1.54, 1.807) is 0 Å². The number of aryl methyl sites for hydroxylation is 1. The molecule has 1 aromatic carbocycles. The van der Waals surface area contributed by atoms with Gasteiger partial charge in [-0.05, 0) is 42.4 Å². The van der Waals surface area contributed by atoms with Crippen LogP contribution in [0.4, 0.5) is 0 Å². The Hall–Kier alpha value is -0.820. The second-order valence-corrected chi connectivity index (χ2v) is 3.58. The molecule has 0 spiro atoms. The van der Waals surface area contributed by atoms with Gasteiger partial charge in [0.15, 0.2) is 0 Å². The molecule has 0 saturated heterocycles. The highest BCUT2D eigenvalue weighted by molar-refractivity contribution is 5.39. The average Bonchev–Trinajstić information content (AvgIpc) is 2.87. The molecule has 1 nitrogen and oxygen atoms in total. The Morgan fingerprint density at radius 2 is 2.17 bits per heavy atom. The molecule has 1 aromatic rings. The molecule has 0 aromatic heterocycles. The number of benzene rings is 1. The fraction of sp³-hybridized carbons (Fsp3) is 0.455. The van der Waals surface area contributed by atoms with Gasteiger partial charge in [-0.3, -0.25) is 0 Å². The Kier molecular flexibility index (Phi) is 1.89. The molecule has 1 fully saturated rings. The molecular weight excluding hydrogens is 148 g/mol. The highest BCUT2D eigenvalue weighted by atomic mass is 16.3. The van der Waals surface area contributed by atoms with Crippen molar-refractivity contribution in [2.24, 2.45) is 0 Å². The summed E-state index contributed by atoms with van der Waals surface area (Å²) >= 11 is 0. The van der Waals surface area contributed by atoms with Crippen molar-refractivity contribution in [3.8, 4) is 0 Å². The van der Waals surface area contributed by atoms with Crippen LogP contribution in [-0.2, 0) is 6.61 Å². The molecular formula is C11H14O. The maximum Gasteiger partial charge on any atom is 0.0684 e. The van der Waals surface area contributed by atoms with Gasteiger partial charge in [0.05, 0.1) is 6.61 Å². The van der Waals surface area contributed by atoms with Crippen LogP contribution in [0.2, 0.25) is 0 Å². The molecule has 0 heterocycles. The molecule has 1 heteroatoms. The van der Waals surface area contributed by atoms with E-state index in [0.717, 1.165) is 11.5 Å². The molecule has 1 aliphatic rings. The molecule has 0 amide bonds. The monoisotopic (exact) mass is 162 g/mol. The SMILES string of the molecule is Cc1cccc(CO)c1C1CC1. The number of hydrogen-bond donors (Lipinski definition) is 1. The zero-order valence-corrected chi connectivity index (χ0v) is 7.38. The molecule has 64 valence electrons. The molecule has 1 saturated carbocycles. The first-order valence-corrected chi connectivity index (χ1v) is 4.52. The highest BCUT2D eigenvalue weighted by Gasteiger charge is 2.26. The lowest BCUT2D eigenvalue weighted by Gasteiger charge is -2.08. The summed E-state index contributed by atoms with van der Waals surface area (Å²) in [7, 11) is 0. The van der Waals surface area contributed by atoms with Gasteiger partial charge in [-0.25, -0.2) is 0 Å². The first-order chi connectivity index (χ1) is 5.83. The minimum atomic E-state index is 0.188. The smallest absolute Gasteiger partial charge is 0.0684 e. The summed E-state index contributed by atoms with van der Waals surface area (Å²) in [5.74, 6) is 0.744. The van der Waals surface area contributed by atoms with E-state index in [2.05, 4.69) is 13.0 Å². The predicted molar refractivity (Wildman–Crippen MR) is 49.1 cm³/mol. The van der Waals surface area contributed by atoms with Crippen LogP contribution in [0.5, 0.6) is 0 Å². The van der Waals surface area contributed by atoms with Crippen LogP contribution in [0.15, 0.2) is 18.2 Å². The van der Waals surface area contributed by atoms with E-state index in [-0.39, 0.29) is 6.61 Å². The Labute approximate surface area is 73.0 Å². The first kappa shape index (κ1) is 7.81. The van der Waals surface area contributed by atoms with Gasteiger partial charge in [-0.2, -0.15) is 0 Å². The van der Waals surface area contributed by atoms with E-state index in [0.29, 0.717) is 0 Å². The van der Waals surface area contributed by atoms with Crippen molar-refractivity contribution in [2.75, 3.05) is 0 Å². The first-order valence-electron chi connectivity index (χ1n) is 4.52. The summed E-state index contributed by atoms with van der Waals surface area (Å²) in [5, 5.41) is 9.12. The fourth-order valence-electron chi connectivity index (χ4n) is 1.84. The van der Waals surface area contributed by atoms with Crippen LogP contribution < -0.4 is 0 Å². The zero-order valence-electron chi connectivity index (χ0n) is 7.38. The van der Waals surface area contributed by atoms with Crippen molar-refractivity contribution in [3.05, 3.63) is 34.9 Å². The third-order valence-corrected chi connectivity index (χ3v) is 2.57. The van der Waals surface area contributed by atoms with Crippen molar-refractivity contribution in [2.45, 2.75) is 32.3 Å². The minimum Gasteiger partial charge on any atom is -0.392 e. The van der Waals surface area contributed by atoms with Crippen LogP contribution in [0.1, 0.15) is 35.4 Å². The number of rotatable bonds is 2. The van der Waals surface area contributed by atoms with E-state index in [4.69, 9.17) is 5.11 Å². The van der Waals surface area contributed by atoms with Gasteiger partial charge in [0, 0.05) is 0 Å². The Morgan fingerprint density at radius 1 is 1.42 bits per heavy atom. The lowest BCUT2D eigenvalue weighted by molar-refractivity contribution is 0.280. The highest BCUT2D eigenvalue weighted by Crippen LogP contribution is 2.43. The summed E-state index contributed by atoms with van der Waals surface area (Å²) in [6.07, 6.45) is 2.61. The van der Waals surface area contributed by atoms with Gasteiger partial charge in [0.1, 0.15) is 0 Å². The van der Waals surface area contributed by atoms with E-state index in [1.807, 2.05) is 12.1 Å². The van der Waals surface area contributed by atoms with Crippen molar-refractivity contribution in [3.63, 3.8) is 0 Å². The molecule has 0 atom stereocenters. The van der Waals surface area contributed by atoms with E-state index in [1.165, 1.54) is 24.0 Å². The third kappa shape index (κ3) is 1.25. The zero-order chi connectivity index (χ0) is 8.55. The van der Waals surface area contributed by atoms with E-state index in [9.17, 15) is 0 Å². The van der Waals surface area contributed by atoms with Gasteiger partial charge in [0.2, 0.25) is 0 Å². The third-order valence-electron chi connectivity index (χ3n) is 2.57. The molecule has 0 unspecified atom stereocenters. The number of aliphatic hydroxyl groups excluding tert-OH is 1. The van der Waals surface area contributed by atoms with Crippen LogP contribution in [0, 0.1) is 6.92 Å². The van der Waals surface area contributed by atoms with Crippen LogP contribution in [0.25, 0.3) is 0 Å². The largest absolute Gasteiger partial charge is 0.392 e. The quantitative estimate of drug-likeness (QED) is 0.707. The second kappa shape index (κ2) is 2.91. The van der Waals surface area contributed by atoms with Gasteiger partial charge in [-0.1, -0.05) is 18.2 Å². The molecule has 1 aliphatic carbocycles. The number of hydrogen-bond acceptors (Lipinski definition) is 1. The summed E-state index contributed by atoms with van der Waals surface area (Å²) in [4.78, 5) is 0. The lowest BCUT2D eigenvalue weighted by atomic mass is 9.98. The van der Waals surface area contributed by atoms with E-state index >= 15 is 0 Å². The number of aliphatic hydroxyl groups is 1. The lowest BCUT2D eigenvalue weighted by Crippen LogP contribution is -1.94. The van der Waals surface area contributed by atoms with Crippen LogP contribution in [0.3, 0.4) is 0 Å². The van der Waals surface area contributed by atoms with Crippen molar-refractivity contribution >= 4 is 0 Å².